The molecular weight excluding hydrogens is 798 g/mol. The summed E-state index contributed by atoms with van der Waals surface area (Å²) in [7, 11) is 0. The molecular formula is C44H69NO16. The molecule has 7 fully saturated rings. The van der Waals surface area contributed by atoms with Crippen LogP contribution in [0.2, 0.25) is 0 Å². The molecule has 21 atom stereocenters. The molecule has 1 amide bonds. The van der Waals surface area contributed by atoms with Gasteiger partial charge in [0.2, 0.25) is 5.91 Å². The summed E-state index contributed by atoms with van der Waals surface area (Å²) in [5.74, 6) is -3.53. The topological polar surface area (TPSA) is 282 Å². The first kappa shape index (κ1) is 46.5. The van der Waals surface area contributed by atoms with Gasteiger partial charge < -0.3 is 65.2 Å². The van der Waals surface area contributed by atoms with Crippen LogP contribution in [0.1, 0.15) is 120 Å². The van der Waals surface area contributed by atoms with E-state index in [1.54, 1.807) is 0 Å². The number of amides is 1. The number of nitrogens with two attached hydrogens (primary N) is 1. The minimum atomic E-state index is -2.04. The Balaban J connectivity index is 1.19. The van der Waals surface area contributed by atoms with Gasteiger partial charge in [0.05, 0.1) is 6.10 Å². The van der Waals surface area contributed by atoms with Crippen LogP contribution in [0, 0.1) is 56.2 Å². The molecule has 0 aromatic carbocycles. The van der Waals surface area contributed by atoms with E-state index in [-0.39, 0.29) is 57.2 Å². The van der Waals surface area contributed by atoms with E-state index in [0.717, 1.165) is 38.5 Å². The van der Waals surface area contributed by atoms with Gasteiger partial charge in [-0.2, -0.15) is 0 Å². The molecule has 7 rings (SSSR count). The van der Waals surface area contributed by atoms with Gasteiger partial charge in [0.1, 0.15) is 42.7 Å². The number of ether oxygens (including phenoxy) is 5. The lowest BCUT2D eigenvalue weighted by molar-refractivity contribution is -0.372. The molecule has 3 unspecified atom stereocenters. The molecule has 2 saturated heterocycles. The summed E-state index contributed by atoms with van der Waals surface area (Å²) in [5.41, 5.74) is 4.03. The monoisotopic (exact) mass is 867 g/mol. The Bertz CT molecular complexity index is 1750. The van der Waals surface area contributed by atoms with Crippen LogP contribution in [-0.2, 0) is 42.9 Å². The normalized spacial score (nSPS) is 52.9. The highest BCUT2D eigenvalue weighted by Gasteiger charge is 2.73. The standard InChI is InChI=1S/C44H69NO16/c1-19(46)57-22-17-20-21-18-41(5,38(45)56)14-13-40(21,4)15-16-43(20,7)44(8)12-9-23-39(2,3)24(10-11-42(23,6)33(22)44)58-37-32(28(50)27(49)31(60-37)35(54)55)61-36-29(51)25(47)26(48)30(59-36)34(52)53/h20-33,36-37,47-51H,9-18H2,1-8H3,(H2,45,56)(H,52,53)(H,54,55)/t20?,21-,22+,23-,24-,25-,26-,27-,28-,29?,30-,31-,32+,33+,36-,37-,40+,41-,42-,43?,44+/m0/s1. The molecule has 0 aromatic rings. The predicted molar refractivity (Wildman–Crippen MR) is 212 cm³/mol. The highest BCUT2D eigenvalue weighted by molar-refractivity contribution is 5.80. The van der Waals surface area contributed by atoms with Gasteiger partial charge in [-0.1, -0.05) is 48.5 Å². The Hall–Kier alpha value is -2.48. The third kappa shape index (κ3) is 7.15. The second-order valence-electron chi connectivity index (χ2n) is 21.9. The third-order valence-electron chi connectivity index (χ3n) is 18.4. The van der Waals surface area contributed by atoms with Crippen LogP contribution < -0.4 is 5.73 Å². The molecule has 17 nitrogen and oxygen atoms in total. The lowest BCUT2D eigenvalue weighted by Gasteiger charge is -2.74. The number of carbonyl (C=O) groups excluding carboxylic acids is 2. The zero-order chi connectivity index (χ0) is 45.2. The highest BCUT2D eigenvalue weighted by atomic mass is 16.8. The molecule has 2 aliphatic heterocycles. The van der Waals surface area contributed by atoms with Crippen molar-refractivity contribution in [1.82, 2.24) is 0 Å². The van der Waals surface area contributed by atoms with Crippen LogP contribution in [0.25, 0.3) is 0 Å². The van der Waals surface area contributed by atoms with Crippen molar-refractivity contribution in [3.05, 3.63) is 0 Å². The molecule has 0 bridgehead atoms. The van der Waals surface area contributed by atoms with Crippen LogP contribution in [0.3, 0.4) is 0 Å². The highest BCUT2D eigenvalue weighted by Crippen LogP contribution is 2.77. The third-order valence-corrected chi connectivity index (χ3v) is 18.4. The second-order valence-corrected chi connectivity index (χ2v) is 21.9. The number of hydrogen-bond acceptors (Lipinski definition) is 14. The average Bonchev–Trinajstić information content (AvgIpc) is 3.16. The van der Waals surface area contributed by atoms with E-state index < -0.39 is 96.4 Å². The number of esters is 1. The maximum absolute atomic E-state index is 13.0. The first-order valence-corrected chi connectivity index (χ1v) is 22.1. The van der Waals surface area contributed by atoms with Crippen molar-refractivity contribution in [1.29, 1.82) is 0 Å². The van der Waals surface area contributed by atoms with E-state index in [0.29, 0.717) is 25.7 Å². The van der Waals surface area contributed by atoms with Gasteiger partial charge in [0, 0.05) is 18.3 Å². The van der Waals surface area contributed by atoms with E-state index in [4.69, 9.17) is 29.4 Å². The summed E-state index contributed by atoms with van der Waals surface area (Å²) in [6.45, 7) is 17.1. The molecule has 7 aliphatic rings. The smallest absolute Gasteiger partial charge is 0.335 e. The van der Waals surface area contributed by atoms with Crippen LogP contribution in [0.4, 0.5) is 0 Å². The maximum Gasteiger partial charge on any atom is 0.335 e. The van der Waals surface area contributed by atoms with Crippen molar-refractivity contribution in [2.75, 3.05) is 0 Å². The lowest BCUT2D eigenvalue weighted by Crippen LogP contribution is -2.71. The van der Waals surface area contributed by atoms with Crippen LogP contribution in [0.15, 0.2) is 0 Å². The Morgan fingerprint density at radius 3 is 1.84 bits per heavy atom. The SMILES string of the molecule is CC(=O)O[C@@H]1CC2[C@@H]3C[C@@](C)(C(N)=O)CC[C@]3(C)CCC2(C)[C@]2(C)CC[C@H]3C(C)(C)[C@@H](O[C@H]4O[C@H](C(=O)O)[C@@H](O)[C@H](O)[C@H]4O[C@@H]4O[C@H](C(=O)O)[C@@H](O)[C@H](O)C4O)CC[C@]3(C)[C@@H]12. The summed E-state index contributed by atoms with van der Waals surface area (Å²) in [5, 5.41) is 73.2. The van der Waals surface area contributed by atoms with Gasteiger partial charge in [-0.05, 0) is 109 Å². The maximum atomic E-state index is 13.0. The van der Waals surface area contributed by atoms with Crippen molar-refractivity contribution in [3.8, 4) is 0 Å². The van der Waals surface area contributed by atoms with Crippen molar-refractivity contribution in [2.24, 2.45) is 61.9 Å². The molecule has 5 aliphatic carbocycles. The number of aliphatic hydroxyl groups is 5. The minimum Gasteiger partial charge on any atom is -0.479 e. The summed E-state index contributed by atoms with van der Waals surface area (Å²) < 4.78 is 30.0. The van der Waals surface area contributed by atoms with Gasteiger partial charge in [-0.15, -0.1) is 0 Å². The van der Waals surface area contributed by atoms with Gasteiger partial charge in [0.15, 0.2) is 24.8 Å². The molecule has 61 heavy (non-hydrogen) atoms. The van der Waals surface area contributed by atoms with E-state index >= 15 is 0 Å². The molecule has 17 heteroatoms. The lowest BCUT2D eigenvalue weighted by atomic mass is 9.31. The van der Waals surface area contributed by atoms with Crippen molar-refractivity contribution in [2.45, 2.75) is 193 Å². The fourth-order valence-electron chi connectivity index (χ4n) is 14.7. The van der Waals surface area contributed by atoms with Crippen LogP contribution in [0.5, 0.6) is 0 Å². The number of carboxylic acids is 2. The average molecular weight is 868 g/mol. The molecule has 0 radical (unpaired) electrons. The molecule has 0 aromatic heterocycles. The summed E-state index contributed by atoms with van der Waals surface area (Å²) in [6, 6.07) is 0. The Kier molecular flexibility index (Phi) is 11.9. The summed E-state index contributed by atoms with van der Waals surface area (Å²) >= 11 is 0. The van der Waals surface area contributed by atoms with Gasteiger partial charge >= 0.3 is 17.9 Å². The Morgan fingerprint density at radius 2 is 1.25 bits per heavy atom. The van der Waals surface area contributed by atoms with Gasteiger partial charge in [-0.25, -0.2) is 9.59 Å². The number of aliphatic carboxylic acids is 2. The zero-order valence-electron chi connectivity index (χ0n) is 36.7. The number of hydrogen-bond donors (Lipinski definition) is 8. The van der Waals surface area contributed by atoms with Gasteiger partial charge in [0.25, 0.3) is 0 Å². The number of carboxylic acid groups (broad SMARTS) is 2. The number of fused-ring (bicyclic) bond motifs is 7. The first-order chi connectivity index (χ1) is 28.2. The molecule has 2 heterocycles. The summed E-state index contributed by atoms with van der Waals surface area (Å²) in [4.78, 5) is 50.0. The fraction of sp³-hybridized carbons (Fsp3) is 0.909. The van der Waals surface area contributed by atoms with Gasteiger partial charge in [-0.3, -0.25) is 9.59 Å². The Morgan fingerprint density at radius 1 is 0.656 bits per heavy atom. The van der Waals surface area contributed by atoms with Crippen molar-refractivity contribution >= 4 is 23.8 Å². The number of aliphatic hydroxyl groups excluding tert-OH is 5. The Labute approximate surface area is 357 Å². The summed E-state index contributed by atoms with van der Waals surface area (Å²) in [6.07, 6.45) is -12.8. The first-order valence-electron chi connectivity index (χ1n) is 22.1. The fourth-order valence-corrected chi connectivity index (χ4v) is 14.7. The number of carbonyl (C=O) groups is 4. The second kappa shape index (κ2) is 15.6. The van der Waals surface area contributed by atoms with E-state index in [1.807, 2.05) is 6.92 Å². The van der Waals surface area contributed by atoms with Crippen LogP contribution >= 0.6 is 0 Å². The zero-order valence-corrected chi connectivity index (χ0v) is 36.7. The molecule has 5 saturated carbocycles. The van der Waals surface area contributed by atoms with Crippen LogP contribution in [-0.4, -0.2) is 133 Å². The van der Waals surface area contributed by atoms with Crippen molar-refractivity contribution < 1.29 is 78.6 Å². The quantitative estimate of drug-likeness (QED) is 0.128. The number of rotatable bonds is 8. The van der Waals surface area contributed by atoms with E-state index in [9.17, 15) is 54.9 Å². The molecule has 9 N–H and O–H groups in total. The predicted octanol–water partition coefficient (Wildman–Crippen LogP) is 2.09. The molecule has 0 spiro atoms. The van der Waals surface area contributed by atoms with Crippen molar-refractivity contribution in [3.63, 3.8) is 0 Å². The minimum absolute atomic E-state index is 0.0260. The molecule has 346 valence electrons. The van der Waals surface area contributed by atoms with E-state index in [2.05, 4.69) is 41.5 Å². The largest absolute Gasteiger partial charge is 0.479 e. The number of primary amides is 1. The van der Waals surface area contributed by atoms with E-state index in [1.165, 1.54) is 6.92 Å².